The Balaban J connectivity index is 0.820. The summed E-state index contributed by atoms with van der Waals surface area (Å²) in [6.07, 6.45) is 7.99. The predicted octanol–water partition coefficient (Wildman–Crippen LogP) is 4.73. The van der Waals surface area contributed by atoms with Gasteiger partial charge in [-0.3, -0.25) is 39.8 Å². The molecule has 1 unspecified atom stereocenters. The number of urea groups is 1. The van der Waals surface area contributed by atoms with Crippen molar-refractivity contribution < 1.29 is 23.6 Å². The molecule has 0 saturated carbocycles. The number of aromatic nitrogens is 4. The summed E-state index contributed by atoms with van der Waals surface area (Å²) in [6, 6.07) is 14.4. The van der Waals surface area contributed by atoms with Gasteiger partial charge in [0.1, 0.15) is 5.82 Å². The lowest BCUT2D eigenvalue weighted by molar-refractivity contribution is -0.121. The predicted molar refractivity (Wildman–Crippen MR) is 205 cm³/mol. The number of hydrogen-bond donors (Lipinski definition) is 2. The Hall–Kier alpha value is -6.00. The number of carbonyl (C=O) groups is 4. The van der Waals surface area contributed by atoms with Gasteiger partial charge in [-0.2, -0.15) is 0 Å². The first-order chi connectivity index (χ1) is 27.3. The van der Waals surface area contributed by atoms with Gasteiger partial charge < -0.3 is 14.4 Å². The van der Waals surface area contributed by atoms with Crippen LogP contribution in [0, 0.1) is 5.82 Å². The molecule has 5 aromatic rings. The monoisotopic (exact) mass is 772 g/mol. The maximum Gasteiger partial charge on any atom is 0.328 e. The average Bonchev–Trinajstić information content (AvgIpc) is 4.06. The van der Waals surface area contributed by atoms with E-state index in [2.05, 4.69) is 47.5 Å². The van der Waals surface area contributed by atoms with E-state index in [1.165, 1.54) is 27.2 Å². The number of anilines is 3. The Labute approximate surface area is 325 Å². The van der Waals surface area contributed by atoms with E-state index in [4.69, 9.17) is 0 Å². The van der Waals surface area contributed by atoms with Crippen molar-refractivity contribution in [3.05, 3.63) is 107 Å². The maximum absolute atomic E-state index is 15.9. The third-order valence-electron chi connectivity index (χ3n) is 11.7. The van der Waals surface area contributed by atoms with Crippen molar-refractivity contribution in [3.8, 4) is 11.1 Å². The molecule has 8 heterocycles. The van der Waals surface area contributed by atoms with Crippen LogP contribution in [0.1, 0.15) is 58.3 Å². The molecule has 0 aliphatic carbocycles. The summed E-state index contributed by atoms with van der Waals surface area (Å²) < 4.78 is 17.9. The van der Waals surface area contributed by atoms with Crippen LogP contribution in [0.4, 0.5) is 25.7 Å². The van der Waals surface area contributed by atoms with Crippen molar-refractivity contribution in [2.24, 2.45) is 0 Å². The summed E-state index contributed by atoms with van der Waals surface area (Å²) >= 11 is 1.28. The quantitative estimate of drug-likeness (QED) is 0.217. The molecule has 2 aromatic carbocycles. The number of carbonyl (C=O) groups excluding carboxylic acids is 4. The summed E-state index contributed by atoms with van der Waals surface area (Å²) in [5.41, 5.74) is 6.03. The van der Waals surface area contributed by atoms with Crippen LogP contribution in [-0.4, -0.2) is 84.8 Å². The summed E-state index contributed by atoms with van der Waals surface area (Å²) in [6.45, 7) is 3.57. The third kappa shape index (κ3) is 5.99. The molecule has 5 amide bonds. The van der Waals surface area contributed by atoms with Gasteiger partial charge in [-0.15, -0.1) is 11.3 Å². The van der Waals surface area contributed by atoms with Crippen LogP contribution >= 0.6 is 11.3 Å². The van der Waals surface area contributed by atoms with E-state index >= 15 is 4.39 Å². The second-order valence-electron chi connectivity index (χ2n) is 15.0. The minimum absolute atomic E-state index is 0.0438. The molecule has 3 atom stereocenters. The maximum atomic E-state index is 15.9. The molecule has 3 aromatic heterocycles. The standard InChI is InChI=1S/C40H37FN10O4S/c41-32-15-24(14-30-31(32)21-51(38(30)54)36(37(53)46-39-42-10-13-56-39)35-33-2-1-11-47(33)22-44-35)23-3-6-26(7-4-23)50-20-28-16-29(50)19-48(28)18-25-5-8-27(17-43-25)49-12-9-34(52)45-40(49)55/h3-8,10,13-15,17,22,28-29,36H,1-2,9,11-12,16,18-21H2,(H,42,46,53)(H,45,52,55)/t28-,29-,36?/m1/s1. The van der Waals surface area contributed by atoms with Crippen molar-refractivity contribution in [3.63, 3.8) is 0 Å². The van der Waals surface area contributed by atoms with Gasteiger partial charge in [-0.1, -0.05) is 12.1 Å². The lowest BCUT2D eigenvalue weighted by atomic mass is 9.99. The van der Waals surface area contributed by atoms with E-state index in [1.807, 2.05) is 28.8 Å². The highest BCUT2D eigenvalue weighted by atomic mass is 32.1. The first-order valence-corrected chi connectivity index (χ1v) is 19.7. The number of likely N-dealkylation sites (tertiary alicyclic amines) is 1. The SMILES string of the molecule is O=C1CCN(c2ccc(CN3C[C@H]4C[C@@H]3CN4c3ccc(-c4cc(F)c5c(c4)C(=O)N(C(C(=O)Nc4nccs4)c4ncn6c4CCC6)C5)cc3)nc2)C(=O)N1. The summed E-state index contributed by atoms with van der Waals surface area (Å²) in [5, 5.41) is 7.37. The van der Waals surface area contributed by atoms with E-state index in [1.54, 1.807) is 30.2 Å². The number of pyridine rings is 1. The van der Waals surface area contributed by atoms with Gasteiger partial charge in [-0.25, -0.2) is 19.2 Å². The number of aryl methyl sites for hydroxylation is 1. The fourth-order valence-electron chi connectivity index (χ4n) is 8.96. The minimum Gasteiger partial charge on any atom is -0.366 e. The molecule has 16 heteroatoms. The zero-order valence-electron chi connectivity index (χ0n) is 30.2. The van der Waals surface area contributed by atoms with Crippen LogP contribution in [0.25, 0.3) is 11.1 Å². The highest BCUT2D eigenvalue weighted by Gasteiger charge is 2.44. The second kappa shape index (κ2) is 13.6. The van der Waals surface area contributed by atoms with Crippen LogP contribution < -0.4 is 20.4 Å². The molecule has 14 nitrogen and oxygen atoms in total. The number of thiazole rings is 1. The van der Waals surface area contributed by atoms with Crippen LogP contribution in [0.5, 0.6) is 0 Å². The first kappa shape index (κ1) is 34.5. The topological polar surface area (TPSA) is 149 Å². The van der Waals surface area contributed by atoms with E-state index in [9.17, 15) is 19.2 Å². The van der Waals surface area contributed by atoms with Crippen molar-refractivity contribution in [2.75, 3.05) is 34.8 Å². The zero-order valence-corrected chi connectivity index (χ0v) is 31.0. The van der Waals surface area contributed by atoms with Gasteiger partial charge in [0, 0.05) is 85.3 Å². The molecular formula is C40H37FN10O4S. The van der Waals surface area contributed by atoms with Crippen LogP contribution in [0.15, 0.2) is 72.6 Å². The number of imide groups is 1. The van der Waals surface area contributed by atoms with Gasteiger partial charge in [0.25, 0.3) is 11.8 Å². The molecule has 2 N–H and O–H groups in total. The van der Waals surface area contributed by atoms with Gasteiger partial charge in [0.15, 0.2) is 11.2 Å². The van der Waals surface area contributed by atoms with Crippen LogP contribution in [0.2, 0.25) is 0 Å². The average molecular weight is 773 g/mol. The second-order valence-corrected chi connectivity index (χ2v) is 15.8. The Morgan fingerprint density at radius 3 is 2.57 bits per heavy atom. The number of piperazine rings is 1. The number of halogens is 1. The molecule has 5 aliphatic rings. The van der Waals surface area contributed by atoms with E-state index < -0.39 is 29.7 Å². The molecule has 284 valence electrons. The normalized spacial score (nSPS) is 20.8. The minimum atomic E-state index is -1.04. The Morgan fingerprint density at radius 1 is 0.964 bits per heavy atom. The molecule has 2 bridgehead atoms. The van der Waals surface area contributed by atoms with Crippen molar-refractivity contribution in [2.45, 2.75) is 63.4 Å². The van der Waals surface area contributed by atoms with Crippen LogP contribution in [-0.2, 0) is 35.6 Å². The molecule has 3 fully saturated rings. The Morgan fingerprint density at radius 2 is 1.82 bits per heavy atom. The van der Waals surface area contributed by atoms with Gasteiger partial charge in [0.05, 0.1) is 36.1 Å². The number of rotatable bonds is 9. The lowest BCUT2D eigenvalue weighted by Gasteiger charge is -2.35. The largest absolute Gasteiger partial charge is 0.366 e. The summed E-state index contributed by atoms with van der Waals surface area (Å²) in [7, 11) is 0. The van der Waals surface area contributed by atoms with Crippen molar-refractivity contribution in [1.29, 1.82) is 0 Å². The fraction of sp³-hybridized carbons (Fsp3) is 0.325. The number of imidazole rings is 1. The van der Waals surface area contributed by atoms with E-state index in [-0.39, 0.29) is 30.0 Å². The molecule has 56 heavy (non-hydrogen) atoms. The first-order valence-electron chi connectivity index (χ1n) is 18.8. The Kier molecular flexibility index (Phi) is 8.40. The highest BCUT2D eigenvalue weighted by molar-refractivity contribution is 7.13. The number of nitrogens with one attached hydrogen (secondary N) is 2. The third-order valence-corrected chi connectivity index (χ3v) is 12.4. The summed E-state index contributed by atoms with van der Waals surface area (Å²) in [4.78, 5) is 72.9. The molecule has 5 aliphatic heterocycles. The van der Waals surface area contributed by atoms with Crippen molar-refractivity contribution >= 4 is 51.6 Å². The highest BCUT2D eigenvalue weighted by Crippen LogP contribution is 2.40. The number of fused-ring (bicyclic) bond motifs is 4. The number of hydrogen-bond acceptors (Lipinski definition) is 10. The fourth-order valence-corrected chi connectivity index (χ4v) is 9.49. The van der Waals surface area contributed by atoms with Gasteiger partial charge in [-0.05, 0) is 66.8 Å². The smallest absolute Gasteiger partial charge is 0.328 e. The molecule has 10 rings (SSSR count). The molecular weight excluding hydrogens is 736 g/mol. The number of benzene rings is 2. The van der Waals surface area contributed by atoms with E-state index in [0.717, 1.165) is 61.5 Å². The summed E-state index contributed by atoms with van der Waals surface area (Å²) in [5.74, 6) is -1.59. The zero-order chi connectivity index (χ0) is 38.1. The van der Waals surface area contributed by atoms with Crippen LogP contribution in [0.3, 0.4) is 0 Å². The number of amides is 5. The van der Waals surface area contributed by atoms with E-state index in [0.29, 0.717) is 47.2 Å². The van der Waals surface area contributed by atoms with Crippen molar-refractivity contribution in [1.82, 2.24) is 34.6 Å². The lowest BCUT2D eigenvalue weighted by Crippen LogP contribution is -2.49. The van der Waals surface area contributed by atoms with Gasteiger partial charge in [0.2, 0.25) is 5.91 Å². The number of nitrogens with zero attached hydrogens (tertiary/aromatic N) is 8. The molecule has 3 saturated heterocycles. The molecule has 0 radical (unpaired) electrons. The van der Waals surface area contributed by atoms with Gasteiger partial charge >= 0.3 is 6.03 Å². The Bertz CT molecular complexity index is 2380. The molecule has 0 spiro atoms.